The first-order valence-corrected chi connectivity index (χ1v) is 11.0. The zero-order chi connectivity index (χ0) is 20.8. The van der Waals surface area contributed by atoms with Gasteiger partial charge in [0.05, 0.1) is 16.3 Å². The summed E-state index contributed by atoms with van der Waals surface area (Å²) in [6.07, 6.45) is 0. The Balaban J connectivity index is 1.52. The Morgan fingerprint density at radius 1 is 0.862 bits per heavy atom. The fourth-order valence-electron chi connectivity index (χ4n) is 2.39. The smallest absolute Gasteiger partial charge is 0.257 e. The van der Waals surface area contributed by atoms with Gasteiger partial charge in [0.2, 0.25) is 5.91 Å². The number of hydrogen-bond donors (Lipinski definition) is 2. The van der Waals surface area contributed by atoms with Crippen LogP contribution in [0.1, 0.15) is 10.4 Å². The molecule has 0 saturated carbocycles. The van der Waals surface area contributed by atoms with Crippen molar-refractivity contribution in [2.75, 3.05) is 16.4 Å². The van der Waals surface area contributed by atoms with Crippen molar-refractivity contribution in [1.29, 1.82) is 0 Å². The Hall–Kier alpha value is -1.99. The summed E-state index contributed by atoms with van der Waals surface area (Å²) in [5.74, 6) is -0.129. The van der Waals surface area contributed by atoms with Crippen LogP contribution < -0.4 is 10.6 Å². The Morgan fingerprint density at radius 3 is 2.14 bits per heavy atom. The van der Waals surface area contributed by atoms with Crippen LogP contribution in [0.2, 0.25) is 10.0 Å². The largest absolute Gasteiger partial charge is 0.325 e. The summed E-state index contributed by atoms with van der Waals surface area (Å²) in [5, 5.41) is 6.39. The van der Waals surface area contributed by atoms with E-state index in [4.69, 9.17) is 23.2 Å². The molecule has 3 aromatic carbocycles. The molecule has 0 aromatic heterocycles. The van der Waals surface area contributed by atoms with Crippen molar-refractivity contribution in [3.63, 3.8) is 0 Å². The highest BCUT2D eigenvalue weighted by Crippen LogP contribution is 2.24. The Labute approximate surface area is 191 Å². The summed E-state index contributed by atoms with van der Waals surface area (Å²) in [6, 6.07) is 19.3. The molecular formula is C21H15BrCl2N2O2S. The van der Waals surface area contributed by atoms with Gasteiger partial charge in [0.25, 0.3) is 5.91 Å². The van der Waals surface area contributed by atoms with Crippen LogP contribution in [0.5, 0.6) is 0 Å². The summed E-state index contributed by atoms with van der Waals surface area (Å²) in [7, 11) is 0. The van der Waals surface area contributed by atoms with Gasteiger partial charge in [-0.25, -0.2) is 0 Å². The van der Waals surface area contributed by atoms with E-state index in [1.165, 1.54) is 17.8 Å². The first-order chi connectivity index (χ1) is 13.9. The lowest BCUT2D eigenvalue weighted by Gasteiger charge is -2.08. The molecular weight excluding hydrogens is 495 g/mol. The van der Waals surface area contributed by atoms with Crippen molar-refractivity contribution in [3.05, 3.63) is 86.8 Å². The van der Waals surface area contributed by atoms with E-state index in [-0.39, 0.29) is 17.6 Å². The molecule has 4 nitrogen and oxygen atoms in total. The molecule has 0 aliphatic carbocycles. The Kier molecular flexibility index (Phi) is 7.61. The molecule has 0 atom stereocenters. The zero-order valence-corrected chi connectivity index (χ0v) is 18.8. The topological polar surface area (TPSA) is 58.2 Å². The van der Waals surface area contributed by atoms with Gasteiger partial charge in [0, 0.05) is 25.8 Å². The summed E-state index contributed by atoms with van der Waals surface area (Å²) >= 11 is 16.7. The number of carbonyl (C=O) groups is 2. The highest BCUT2D eigenvalue weighted by atomic mass is 79.9. The van der Waals surface area contributed by atoms with E-state index in [9.17, 15) is 9.59 Å². The highest BCUT2D eigenvalue weighted by molar-refractivity contribution is 9.10. The maximum Gasteiger partial charge on any atom is 0.257 e. The lowest BCUT2D eigenvalue weighted by Crippen LogP contribution is -2.14. The van der Waals surface area contributed by atoms with Crippen LogP contribution in [0.15, 0.2) is 76.1 Å². The third-order valence-electron chi connectivity index (χ3n) is 3.79. The molecule has 29 heavy (non-hydrogen) atoms. The predicted octanol–water partition coefficient (Wildman–Crippen LogP) is 6.74. The van der Waals surface area contributed by atoms with Crippen LogP contribution in [0.3, 0.4) is 0 Å². The van der Waals surface area contributed by atoms with Crippen LogP contribution in [0, 0.1) is 0 Å². The van der Waals surface area contributed by atoms with Gasteiger partial charge in [-0.05, 0) is 66.7 Å². The molecule has 0 radical (unpaired) electrons. The van der Waals surface area contributed by atoms with E-state index < -0.39 is 0 Å². The predicted molar refractivity (Wildman–Crippen MR) is 124 cm³/mol. The molecule has 0 fully saturated rings. The van der Waals surface area contributed by atoms with Crippen molar-refractivity contribution in [3.8, 4) is 0 Å². The van der Waals surface area contributed by atoms with Gasteiger partial charge in [-0.15, -0.1) is 11.8 Å². The van der Waals surface area contributed by atoms with E-state index in [1.807, 2.05) is 36.4 Å². The van der Waals surface area contributed by atoms with Gasteiger partial charge in [0.15, 0.2) is 0 Å². The number of thioether (sulfide) groups is 1. The molecule has 2 N–H and O–H groups in total. The van der Waals surface area contributed by atoms with Crippen LogP contribution in [-0.4, -0.2) is 17.6 Å². The van der Waals surface area contributed by atoms with Crippen LogP contribution in [-0.2, 0) is 4.79 Å². The minimum absolute atomic E-state index is 0.0907. The van der Waals surface area contributed by atoms with Crippen LogP contribution >= 0.6 is 50.9 Å². The molecule has 3 rings (SSSR count). The Morgan fingerprint density at radius 2 is 1.48 bits per heavy atom. The number of nitrogens with one attached hydrogen (secondary N) is 2. The van der Waals surface area contributed by atoms with Gasteiger partial charge in [-0.1, -0.05) is 39.1 Å². The first kappa shape index (κ1) is 21.7. The highest BCUT2D eigenvalue weighted by Gasteiger charge is 2.11. The van der Waals surface area contributed by atoms with Crippen LogP contribution in [0.4, 0.5) is 11.4 Å². The van der Waals surface area contributed by atoms with Crippen molar-refractivity contribution in [1.82, 2.24) is 0 Å². The molecule has 0 unspecified atom stereocenters. The summed E-state index contributed by atoms with van der Waals surface area (Å²) in [4.78, 5) is 25.3. The molecule has 3 aromatic rings. The number of benzene rings is 3. The van der Waals surface area contributed by atoms with Gasteiger partial charge in [-0.2, -0.15) is 0 Å². The number of carbonyl (C=O) groups excluding carboxylic acids is 2. The molecule has 2 amide bonds. The SMILES string of the molecule is O=C(CSc1ccc(NC(=O)c2ccc(Cl)cc2Cl)cc1)Nc1ccc(Br)cc1. The fraction of sp³-hybridized carbons (Fsp3) is 0.0476. The minimum atomic E-state index is -0.319. The number of rotatable bonds is 6. The second-order valence-electron chi connectivity index (χ2n) is 5.95. The molecule has 0 aliphatic rings. The van der Waals surface area contributed by atoms with Gasteiger partial charge in [-0.3, -0.25) is 9.59 Å². The number of anilines is 2. The second kappa shape index (κ2) is 10.2. The van der Waals surface area contributed by atoms with Gasteiger partial charge >= 0.3 is 0 Å². The standard InChI is InChI=1S/C21H15BrCl2N2O2S/c22-13-1-4-15(5-2-13)25-20(27)12-29-17-8-6-16(7-9-17)26-21(28)18-10-3-14(23)11-19(18)24/h1-11H,12H2,(H,25,27)(H,26,28). The Bertz CT molecular complexity index is 1030. The lowest BCUT2D eigenvalue weighted by atomic mass is 10.2. The molecule has 0 bridgehead atoms. The quantitative estimate of drug-likeness (QED) is 0.362. The lowest BCUT2D eigenvalue weighted by molar-refractivity contribution is -0.113. The fourth-order valence-corrected chi connectivity index (χ4v) is 3.84. The van der Waals surface area contributed by atoms with Crippen molar-refractivity contribution >= 4 is 74.1 Å². The normalized spacial score (nSPS) is 10.4. The van der Waals surface area contributed by atoms with E-state index in [1.54, 1.807) is 24.3 Å². The summed E-state index contributed by atoms with van der Waals surface area (Å²) in [6.45, 7) is 0. The van der Waals surface area contributed by atoms with Crippen LogP contribution in [0.25, 0.3) is 0 Å². The van der Waals surface area contributed by atoms with E-state index >= 15 is 0 Å². The average molecular weight is 510 g/mol. The maximum atomic E-state index is 12.3. The van der Waals surface area contributed by atoms with Crippen molar-refractivity contribution < 1.29 is 9.59 Å². The molecule has 0 saturated heterocycles. The minimum Gasteiger partial charge on any atom is -0.325 e. The average Bonchev–Trinajstić information content (AvgIpc) is 2.69. The number of halogens is 3. The van der Waals surface area contributed by atoms with Gasteiger partial charge < -0.3 is 10.6 Å². The van der Waals surface area contributed by atoms with E-state index in [0.717, 1.165) is 15.1 Å². The molecule has 0 heterocycles. The monoisotopic (exact) mass is 508 g/mol. The molecule has 0 spiro atoms. The second-order valence-corrected chi connectivity index (χ2v) is 8.75. The number of hydrogen-bond acceptors (Lipinski definition) is 3. The number of amides is 2. The summed E-state index contributed by atoms with van der Waals surface area (Å²) in [5.41, 5.74) is 1.72. The third-order valence-corrected chi connectivity index (χ3v) is 5.87. The zero-order valence-electron chi connectivity index (χ0n) is 14.9. The molecule has 0 aliphatic heterocycles. The first-order valence-electron chi connectivity index (χ1n) is 8.45. The molecule has 8 heteroatoms. The van der Waals surface area contributed by atoms with E-state index in [2.05, 4.69) is 26.6 Å². The third kappa shape index (κ3) is 6.51. The van der Waals surface area contributed by atoms with Crippen molar-refractivity contribution in [2.45, 2.75) is 4.90 Å². The summed E-state index contributed by atoms with van der Waals surface area (Å²) < 4.78 is 0.954. The van der Waals surface area contributed by atoms with Crippen molar-refractivity contribution in [2.24, 2.45) is 0 Å². The maximum absolute atomic E-state index is 12.3. The van der Waals surface area contributed by atoms with Gasteiger partial charge in [0.1, 0.15) is 0 Å². The van der Waals surface area contributed by atoms with E-state index in [0.29, 0.717) is 21.3 Å². The molecule has 148 valence electrons.